The van der Waals surface area contributed by atoms with E-state index in [-0.39, 0.29) is 0 Å². The van der Waals surface area contributed by atoms with E-state index in [1.807, 2.05) is 51.4 Å². The molecule has 0 amide bonds. The maximum atomic E-state index is 12.9. The summed E-state index contributed by atoms with van der Waals surface area (Å²) in [5.74, 6) is 0.657. The number of benzene rings is 2. The Morgan fingerprint density at radius 3 is 2.40 bits per heavy atom. The molecular formula is C21H23FN2O. The molecule has 3 rings (SSSR count). The van der Waals surface area contributed by atoms with Gasteiger partial charge in [-0.3, -0.25) is 0 Å². The standard InChI is InChI=1S/C21H23FN2O/c1-4-18(14-22)25-19-11-7-16-8-12-20(23-21(16)13-19)15-5-9-17(10-6-15)24(2)3/h5-13,18H,4,14H2,1-3H3. The van der Waals surface area contributed by atoms with E-state index in [1.54, 1.807) is 0 Å². The van der Waals surface area contributed by atoms with Crippen molar-refractivity contribution in [3.05, 3.63) is 54.6 Å². The second-order valence-electron chi connectivity index (χ2n) is 6.29. The van der Waals surface area contributed by atoms with Gasteiger partial charge in [-0.2, -0.15) is 0 Å². The fraction of sp³-hybridized carbons (Fsp3) is 0.286. The van der Waals surface area contributed by atoms with Crippen LogP contribution in [-0.4, -0.2) is 31.9 Å². The minimum atomic E-state index is -0.486. The van der Waals surface area contributed by atoms with E-state index in [0.717, 1.165) is 27.8 Å². The summed E-state index contributed by atoms with van der Waals surface area (Å²) in [5.41, 5.74) is 3.97. The third-order valence-corrected chi connectivity index (χ3v) is 4.27. The molecule has 1 atom stereocenters. The summed E-state index contributed by atoms with van der Waals surface area (Å²) < 4.78 is 18.6. The number of rotatable bonds is 6. The van der Waals surface area contributed by atoms with E-state index >= 15 is 0 Å². The topological polar surface area (TPSA) is 25.4 Å². The Kier molecular flexibility index (Phi) is 5.17. The van der Waals surface area contributed by atoms with Crippen molar-refractivity contribution >= 4 is 16.6 Å². The Morgan fingerprint density at radius 2 is 1.76 bits per heavy atom. The summed E-state index contributed by atoms with van der Waals surface area (Å²) in [5, 5.41) is 1.04. The van der Waals surface area contributed by atoms with Gasteiger partial charge in [-0.15, -0.1) is 0 Å². The number of hydrogen-bond acceptors (Lipinski definition) is 3. The summed E-state index contributed by atoms with van der Waals surface area (Å²) in [6, 6.07) is 18.1. The molecule has 1 unspecified atom stereocenters. The van der Waals surface area contributed by atoms with Crippen LogP contribution in [0.4, 0.5) is 10.1 Å². The lowest BCUT2D eigenvalue weighted by Gasteiger charge is -2.14. The van der Waals surface area contributed by atoms with Gasteiger partial charge in [0.1, 0.15) is 18.5 Å². The fourth-order valence-corrected chi connectivity index (χ4v) is 2.68. The number of aromatic nitrogens is 1. The maximum Gasteiger partial charge on any atom is 0.127 e. The number of hydrogen-bond donors (Lipinski definition) is 0. The number of alkyl halides is 1. The molecule has 0 bridgehead atoms. The van der Waals surface area contributed by atoms with Gasteiger partial charge in [0.2, 0.25) is 0 Å². The molecule has 3 nitrogen and oxygen atoms in total. The lowest BCUT2D eigenvalue weighted by Crippen LogP contribution is -2.17. The Balaban J connectivity index is 1.92. The van der Waals surface area contributed by atoms with Crippen molar-refractivity contribution in [2.75, 3.05) is 25.7 Å². The second-order valence-corrected chi connectivity index (χ2v) is 6.29. The van der Waals surface area contributed by atoms with E-state index in [1.165, 1.54) is 0 Å². The summed E-state index contributed by atoms with van der Waals surface area (Å²) in [4.78, 5) is 6.82. The summed E-state index contributed by atoms with van der Waals surface area (Å²) in [6.07, 6.45) is 0.236. The van der Waals surface area contributed by atoms with E-state index in [2.05, 4.69) is 29.2 Å². The highest BCUT2D eigenvalue weighted by Crippen LogP contribution is 2.26. The SMILES string of the molecule is CCC(CF)Oc1ccc2ccc(-c3ccc(N(C)C)cc3)nc2c1. The minimum absolute atomic E-state index is 0.404. The molecule has 3 aromatic rings. The smallest absolute Gasteiger partial charge is 0.127 e. The van der Waals surface area contributed by atoms with Crippen LogP contribution in [0.5, 0.6) is 5.75 Å². The van der Waals surface area contributed by atoms with Crippen molar-refractivity contribution in [2.45, 2.75) is 19.4 Å². The van der Waals surface area contributed by atoms with Gasteiger partial charge in [0.05, 0.1) is 11.2 Å². The first-order valence-corrected chi connectivity index (χ1v) is 8.52. The lowest BCUT2D eigenvalue weighted by molar-refractivity contribution is 0.160. The van der Waals surface area contributed by atoms with E-state index < -0.39 is 12.8 Å². The molecule has 0 N–H and O–H groups in total. The molecule has 130 valence electrons. The quantitative estimate of drug-likeness (QED) is 0.625. The summed E-state index contributed by atoms with van der Waals surface area (Å²) in [6.45, 7) is 1.43. The van der Waals surface area contributed by atoms with Gasteiger partial charge in [0, 0.05) is 36.8 Å². The van der Waals surface area contributed by atoms with Crippen LogP contribution in [0.2, 0.25) is 0 Å². The third kappa shape index (κ3) is 3.90. The van der Waals surface area contributed by atoms with Crippen LogP contribution in [0, 0.1) is 0 Å². The van der Waals surface area contributed by atoms with Gasteiger partial charge in [0.25, 0.3) is 0 Å². The Bertz CT molecular complexity index is 842. The molecule has 0 aliphatic heterocycles. The third-order valence-electron chi connectivity index (χ3n) is 4.27. The maximum absolute atomic E-state index is 12.9. The Hall–Kier alpha value is -2.62. The van der Waals surface area contributed by atoms with E-state index in [0.29, 0.717) is 12.2 Å². The number of fused-ring (bicyclic) bond motifs is 1. The Labute approximate surface area is 148 Å². The van der Waals surface area contributed by atoms with Gasteiger partial charge in [-0.25, -0.2) is 9.37 Å². The first-order valence-electron chi connectivity index (χ1n) is 8.52. The monoisotopic (exact) mass is 338 g/mol. The number of halogens is 1. The lowest BCUT2D eigenvalue weighted by atomic mass is 10.1. The normalized spacial score (nSPS) is 12.2. The summed E-state index contributed by atoms with van der Waals surface area (Å²) >= 11 is 0. The zero-order chi connectivity index (χ0) is 17.8. The molecule has 2 aromatic carbocycles. The molecule has 25 heavy (non-hydrogen) atoms. The highest BCUT2D eigenvalue weighted by Gasteiger charge is 2.09. The van der Waals surface area contributed by atoms with Gasteiger partial charge in [-0.05, 0) is 36.8 Å². The predicted octanol–water partition coefficient (Wildman–Crippen LogP) is 5.09. The molecule has 1 aromatic heterocycles. The van der Waals surface area contributed by atoms with Crippen LogP contribution < -0.4 is 9.64 Å². The Morgan fingerprint density at radius 1 is 1.04 bits per heavy atom. The molecule has 0 fully saturated rings. The largest absolute Gasteiger partial charge is 0.488 e. The average molecular weight is 338 g/mol. The van der Waals surface area contributed by atoms with Crippen LogP contribution in [-0.2, 0) is 0 Å². The second kappa shape index (κ2) is 7.51. The first kappa shape index (κ1) is 17.2. The molecule has 4 heteroatoms. The molecule has 0 radical (unpaired) electrons. The van der Waals surface area contributed by atoms with Crippen LogP contribution in [0.3, 0.4) is 0 Å². The number of nitrogens with zero attached hydrogens (tertiary/aromatic N) is 2. The zero-order valence-corrected chi connectivity index (χ0v) is 14.9. The highest BCUT2D eigenvalue weighted by atomic mass is 19.1. The summed E-state index contributed by atoms with van der Waals surface area (Å²) in [7, 11) is 4.04. The van der Waals surface area contributed by atoms with Crippen molar-refractivity contribution in [1.82, 2.24) is 4.98 Å². The molecule has 0 spiro atoms. The van der Waals surface area contributed by atoms with Gasteiger partial charge >= 0.3 is 0 Å². The number of pyridine rings is 1. The van der Waals surface area contributed by atoms with Gasteiger partial charge in [-0.1, -0.05) is 25.1 Å². The molecular weight excluding hydrogens is 315 g/mol. The zero-order valence-electron chi connectivity index (χ0n) is 14.9. The molecule has 0 saturated heterocycles. The van der Waals surface area contributed by atoms with Crippen molar-refractivity contribution in [3.63, 3.8) is 0 Å². The van der Waals surface area contributed by atoms with Gasteiger partial charge < -0.3 is 9.64 Å². The minimum Gasteiger partial charge on any atom is -0.488 e. The predicted molar refractivity (Wildman–Crippen MR) is 102 cm³/mol. The molecule has 0 aliphatic carbocycles. The van der Waals surface area contributed by atoms with Gasteiger partial charge in [0.15, 0.2) is 0 Å². The number of anilines is 1. The average Bonchev–Trinajstić information content (AvgIpc) is 2.65. The van der Waals surface area contributed by atoms with Crippen LogP contribution in [0.1, 0.15) is 13.3 Å². The van der Waals surface area contributed by atoms with Crippen molar-refractivity contribution in [1.29, 1.82) is 0 Å². The van der Waals surface area contributed by atoms with Crippen molar-refractivity contribution in [2.24, 2.45) is 0 Å². The van der Waals surface area contributed by atoms with Crippen LogP contribution in [0.15, 0.2) is 54.6 Å². The highest BCUT2D eigenvalue weighted by molar-refractivity contribution is 5.83. The molecule has 1 heterocycles. The van der Waals surface area contributed by atoms with Crippen molar-refractivity contribution < 1.29 is 9.13 Å². The van der Waals surface area contributed by atoms with Crippen LogP contribution >= 0.6 is 0 Å². The number of ether oxygens (including phenoxy) is 1. The van der Waals surface area contributed by atoms with E-state index in [4.69, 9.17) is 9.72 Å². The first-order chi connectivity index (χ1) is 12.1. The van der Waals surface area contributed by atoms with Crippen molar-refractivity contribution in [3.8, 4) is 17.0 Å². The molecule has 0 saturated carbocycles. The molecule has 0 aliphatic rings. The van der Waals surface area contributed by atoms with E-state index in [9.17, 15) is 4.39 Å². The van der Waals surface area contributed by atoms with Crippen LogP contribution in [0.25, 0.3) is 22.2 Å². The fourth-order valence-electron chi connectivity index (χ4n) is 2.68.